The van der Waals surface area contributed by atoms with Crippen molar-refractivity contribution >= 4 is 11.5 Å². The number of aryl methyl sites for hydroxylation is 2. The quantitative estimate of drug-likeness (QED) is 0.210. The van der Waals surface area contributed by atoms with E-state index in [1.807, 2.05) is 65.8 Å². The molecule has 0 fully saturated rings. The maximum atomic E-state index is 11.5. The van der Waals surface area contributed by atoms with Crippen LogP contribution >= 0.6 is 11.5 Å². The number of benzene rings is 3. The molecular formula is C37H51NO4S. The molecule has 1 unspecified atom stereocenters. The molecule has 1 aliphatic rings. The van der Waals surface area contributed by atoms with Crippen LogP contribution in [-0.2, 0) is 6.42 Å². The highest BCUT2D eigenvalue weighted by Crippen LogP contribution is 2.42. The van der Waals surface area contributed by atoms with Crippen molar-refractivity contribution in [2.45, 2.75) is 100 Å². The fraction of sp³-hybridized carbons (Fsp3) is 0.432. The number of hydrogen-bond acceptors (Lipinski definition) is 5. The lowest BCUT2D eigenvalue weighted by molar-refractivity contribution is 0.0553. The van der Waals surface area contributed by atoms with Crippen molar-refractivity contribution in [3.05, 3.63) is 93.3 Å². The molecule has 0 spiro atoms. The van der Waals surface area contributed by atoms with E-state index >= 15 is 0 Å². The summed E-state index contributed by atoms with van der Waals surface area (Å²) in [6.45, 7) is 20.3. The second-order valence-electron chi connectivity index (χ2n) is 10.5. The molecule has 1 atom stereocenters. The van der Waals surface area contributed by atoms with Gasteiger partial charge in [0.2, 0.25) is 0 Å². The molecule has 1 heterocycles. The van der Waals surface area contributed by atoms with E-state index in [-0.39, 0.29) is 11.7 Å². The zero-order valence-corrected chi connectivity index (χ0v) is 28.6. The summed E-state index contributed by atoms with van der Waals surface area (Å²) in [6, 6.07) is 20.3. The van der Waals surface area contributed by atoms with Gasteiger partial charge in [-0.3, -0.25) is 9.17 Å². The predicted octanol–water partition coefficient (Wildman–Crippen LogP) is 10.1. The Balaban J connectivity index is 0.00000101. The Bertz CT molecular complexity index is 1440. The van der Waals surface area contributed by atoms with Gasteiger partial charge in [0.1, 0.15) is 17.6 Å². The van der Waals surface area contributed by atoms with Crippen LogP contribution in [0.1, 0.15) is 96.6 Å². The fourth-order valence-electron chi connectivity index (χ4n) is 5.11. The summed E-state index contributed by atoms with van der Waals surface area (Å²) < 4.78 is 15.1. The van der Waals surface area contributed by atoms with E-state index in [1.54, 1.807) is 19.9 Å². The fourth-order valence-corrected chi connectivity index (χ4v) is 5.80. The average Bonchev–Trinajstić information content (AvgIpc) is 3.62. The van der Waals surface area contributed by atoms with Gasteiger partial charge in [0, 0.05) is 12.5 Å². The summed E-state index contributed by atoms with van der Waals surface area (Å²) in [5.41, 5.74) is 7.66. The second kappa shape index (κ2) is 17.1. The Morgan fingerprint density at radius 3 is 2.09 bits per heavy atom. The van der Waals surface area contributed by atoms with Crippen LogP contribution in [0.3, 0.4) is 0 Å². The van der Waals surface area contributed by atoms with E-state index in [1.165, 1.54) is 44.9 Å². The lowest BCUT2D eigenvalue weighted by atomic mass is 9.90. The molecule has 4 aromatic rings. The van der Waals surface area contributed by atoms with Crippen LogP contribution in [0.5, 0.6) is 11.5 Å². The minimum Gasteiger partial charge on any atom is -0.493 e. The van der Waals surface area contributed by atoms with Crippen LogP contribution in [-0.4, -0.2) is 21.7 Å². The Kier molecular flexibility index (Phi) is 14.2. The van der Waals surface area contributed by atoms with Crippen LogP contribution < -0.4 is 15.0 Å². The molecule has 5 rings (SSSR count). The molecule has 0 bridgehead atoms. The second-order valence-corrected chi connectivity index (χ2v) is 11.3. The van der Waals surface area contributed by atoms with Gasteiger partial charge in [-0.1, -0.05) is 71.3 Å². The minimum absolute atomic E-state index is 0.00849. The van der Waals surface area contributed by atoms with Crippen molar-refractivity contribution in [3.63, 3.8) is 0 Å². The summed E-state index contributed by atoms with van der Waals surface area (Å²) in [7, 11) is 0. The molecule has 1 aromatic heterocycles. The maximum Gasteiger partial charge on any atom is 0.258 e. The standard InChI is InChI=1S/C31H33NO4S.3C2H6/c1-19-16-23(35-15-14-31(3,4)34)17-20(2)30(19)26-7-5-6-25-24(26)12-13-27(25)36-22-10-8-21(9-11-22)28-18-29(33)32-37-28;3*1-2/h5-11,16-18,27,34H,12-15H2,1-4H3,(H,32,33);3*1-2H3. The van der Waals surface area contributed by atoms with Crippen LogP contribution in [0, 0.1) is 13.8 Å². The summed E-state index contributed by atoms with van der Waals surface area (Å²) in [4.78, 5) is 12.4. The smallest absolute Gasteiger partial charge is 0.258 e. The van der Waals surface area contributed by atoms with Gasteiger partial charge < -0.3 is 14.6 Å². The molecule has 234 valence electrons. The van der Waals surface area contributed by atoms with Crippen molar-refractivity contribution in [1.29, 1.82) is 0 Å². The molecule has 0 radical (unpaired) electrons. The highest BCUT2D eigenvalue weighted by Gasteiger charge is 2.27. The molecule has 0 saturated heterocycles. The van der Waals surface area contributed by atoms with Gasteiger partial charge in [-0.15, -0.1) is 0 Å². The van der Waals surface area contributed by atoms with Crippen LogP contribution in [0.25, 0.3) is 21.6 Å². The number of hydrogen-bond donors (Lipinski definition) is 2. The number of aromatic nitrogens is 1. The van der Waals surface area contributed by atoms with Gasteiger partial charge in [0.25, 0.3) is 5.56 Å². The first-order valence-electron chi connectivity index (χ1n) is 15.7. The number of ether oxygens (including phenoxy) is 2. The normalized spacial score (nSPS) is 13.3. The molecule has 2 N–H and O–H groups in total. The van der Waals surface area contributed by atoms with Crippen LogP contribution in [0.15, 0.2) is 65.5 Å². The lowest BCUT2D eigenvalue weighted by Gasteiger charge is -2.19. The zero-order chi connectivity index (χ0) is 32.2. The Hall–Kier alpha value is -3.35. The van der Waals surface area contributed by atoms with E-state index in [4.69, 9.17) is 9.47 Å². The Morgan fingerprint density at radius 2 is 1.53 bits per heavy atom. The first-order chi connectivity index (χ1) is 20.7. The summed E-state index contributed by atoms with van der Waals surface area (Å²) in [5, 5.41) is 9.96. The highest BCUT2D eigenvalue weighted by molar-refractivity contribution is 7.09. The predicted molar refractivity (Wildman–Crippen MR) is 184 cm³/mol. The largest absolute Gasteiger partial charge is 0.493 e. The monoisotopic (exact) mass is 605 g/mol. The summed E-state index contributed by atoms with van der Waals surface area (Å²) in [6.07, 6.45) is 2.49. The minimum atomic E-state index is -0.736. The number of H-pyrrole nitrogens is 1. The van der Waals surface area contributed by atoms with Gasteiger partial charge >= 0.3 is 0 Å². The number of aromatic amines is 1. The molecular weight excluding hydrogens is 554 g/mol. The third-order valence-electron chi connectivity index (χ3n) is 6.91. The number of aliphatic hydroxyl groups is 1. The first-order valence-corrected chi connectivity index (χ1v) is 16.5. The van der Waals surface area contributed by atoms with Gasteiger partial charge in [-0.25, -0.2) is 0 Å². The van der Waals surface area contributed by atoms with Gasteiger partial charge in [0.05, 0.1) is 17.1 Å². The van der Waals surface area contributed by atoms with Crippen molar-refractivity contribution in [3.8, 4) is 33.1 Å². The van der Waals surface area contributed by atoms with Crippen molar-refractivity contribution in [1.82, 2.24) is 4.37 Å². The van der Waals surface area contributed by atoms with Gasteiger partial charge in [0.15, 0.2) is 0 Å². The van der Waals surface area contributed by atoms with Gasteiger partial charge in [-0.05, 0) is 116 Å². The van der Waals surface area contributed by atoms with E-state index in [0.29, 0.717) is 13.0 Å². The van der Waals surface area contributed by atoms with E-state index in [0.717, 1.165) is 34.8 Å². The zero-order valence-electron chi connectivity index (χ0n) is 27.8. The molecule has 0 saturated carbocycles. The van der Waals surface area contributed by atoms with Crippen molar-refractivity contribution in [2.75, 3.05) is 6.61 Å². The molecule has 43 heavy (non-hydrogen) atoms. The SMILES string of the molecule is CC.CC.CC.Cc1cc(OCCC(C)(C)O)cc(C)c1-c1cccc2c1CCC2Oc1ccc(-c2cc(=O)[nH]s2)cc1. The molecule has 0 aliphatic heterocycles. The molecule has 3 aromatic carbocycles. The lowest BCUT2D eigenvalue weighted by Crippen LogP contribution is -2.21. The van der Waals surface area contributed by atoms with Crippen LogP contribution in [0.4, 0.5) is 0 Å². The topological polar surface area (TPSA) is 71.5 Å². The molecule has 1 aliphatic carbocycles. The van der Waals surface area contributed by atoms with Gasteiger partial charge in [-0.2, -0.15) is 0 Å². The third kappa shape index (κ3) is 9.57. The number of rotatable bonds is 8. The third-order valence-corrected chi connectivity index (χ3v) is 7.79. The molecule has 5 nitrogen and oxygen atoms in total. The maximum absolute atomic E-state index is 11.5. The van der Waals surface area contributed by atoms with Crippen LogP contribution in [0.2, 0.25) is 0 Å². The van der Waals surface area contributed by atoms with E-state index in [9.17, 15) is 9.90 Å². The Labute approximate surface area is 263 Å². The number of fused-ring (bicyclic) bond motifs is 1. The highest BCUT2D eigenvalue weighted by atomic mass is 32.1. The number of nitrogens with one attached hydrogen (secondary N) is 1. The summed E-state index contributed by atoms with van der Waals surface area (Å²) in [5.74, 6) is 1.67. The molecule has 6 heteroatoms. The van der Waals surface area contributed by atoms with Crippen molar-refractivity contribution < 1.29 is 14.6 Å². The van der Waals surface area contributed by atoms with Crippen molar-refractivity contribution in [2.24, 2.45) is 0 Å². The van der Waals surface area contributed by atoms with E-state index in [2.05, 4.69) is 48.6 Å². The summed E-state index contributed by atoms with van der Waals surface area (Å²) >= 11 is 1.34. The van der Waals surface area contributed by atoms with E-state index < -0.39 is 5.60 Å². The molecule has 0 amide bonds. The first kappa shape index (κ1) is 35.8. The average molecular weight is 606 g/mol. The Morgan fingerprint density at radius 1 is 0.907 bits per heavy atom.